The second-order valence-corrected chi connectivity index (χ2v) is 3.75. The second kappa shape index (κ2) is 5.19. The zero-order valence-corrected chi connectivity index (χ0v) is 8.25. The molecule has 1 saturated carbocycles. The van der Waals surface area contributed by atoms with Crippen LogP contribution in [0, 0.1) is 5.92 Å². The molecule has 0 bridgehead atoms. The number of hydrazine groups is 1. The Labute approximate surface area is 79.4 Å². The predicted octanol–water partition coefficient (Wildman–Crippen LogP) is 0.0983. The fourth-order valence-corrected chi connectivity index (χ4v) is 1.47. The summed E-state index contributed by atoms with van der Waals surface area (Å²) in [5.74, 6) is 5.78. The first-order valence-electron chi connectivity index (χ1n) is 4.98. The van der Waals surface area contributed by atoms with E-state index >= 15 is 0 Å². The van der Waals surface area contributed by atoms with Crippen LogP contribution in [0.5, 0.6) is 0 Å². The Hall–Kier alpha value is -0.610. The van der Waals surface area contributed by atoms with Crippen LogP contribution >= 0.6 is 0 Å². The standard InChI is InChI=1S/C9H19N3O/c1-2-5-12(6-8-3-4-8)7-9(13)11-10/h8H,2-7,10H2,1H3,(H,11,13). The van der Waals surface area contributed by atoms with E-state index in [1.54, 1.807) is 0 Å². The van der Waals surface area contributed by atoms with Gasteiger partial charge in [-0.1, -0.05) is 6.92 Å². The number of nitrogens with zero attached hydrogens (tertiary/aromatic N) is 1. The van der Waals surface area contributed by atoms with Crippen molar-refractivity contribution in [2.45, 2.75) is 26.2 Å². The maximum absolute atomic E-state index is 11.0. The molecule has 0 unspecified atom stereocenters. The summed E-state index contributed by atoms with van der Waals surface area (Å²) in [6, 6.07) is 0. The van der Waals surface area contributed by atoms with Crippen LogP contribution in [0.3, 0.4) is 0 Å². The van der Waals surface area contributed by atoms with Crippen LogP contribution in [0.4, 0.5) is 0 Å². The number of hydrogen-bond donors (Lipinski definition) is 2. The van der Waals surface area contributed by atoms with E-state index in [0.717, 1.165) is 25.4 Å². The van der Waals surface area contributed by atoms with E-state index in [9.17, 15) is 4.79 Å². The lowest BCUT2D eigenvalue weighted by molar-refractivity contribution is -0.122. The molecule has 0 aromatic carbocycles. The summed E-state index contributed by atoms with van der Waals surface area (Å²) >= 11 is 0. The number of carbonyl (C=O) groups is 1. The molecule has 0 spiro atoms. The number of nitrogens with two attached hydrogens (primary N) is 1. The molecule has 1 aliphatic rings. The molecular weight excluding hydrogens is 166 g/mol. The zero-order valence-electron chi connectivity index (χ0n) is 8.25. The van der Waals surface area contributed by atoms with Gasteiger partial charge in [-0.15, -0.1) is 0 Å². The van der Waals surface area contributed by atoms with E-state index in [1.165, 1.54) is 12.8 Å². The van der Waals surface area contributed by atoms with Gasteiger partial charge in [-0.2, -0.15) is 0 Å². The van der Waals surface area contributed by atoms with Gasteiger partial charge in [0.05, 0.1) is 6.54 Å². The minimum Gasteiger partial charge on any atom is -0.294 e. The lowest BCUT2D eigenvalue weighted by Gasteiger charge is -2.19. The first-order valence-corrected chi connectivity index (χ1v) is 4.98. The van der Waals surface area contributed by atoms with E-state index in [-0.39, 0.29) is 5.91 Å². The molecule has 4 heteroatoms. The van der Waals surface area contributed by atoms with Crippen molar-refractivity contribution in [3.63, 3.8) is 0 Å². The van der Waals surface area contributed by atoms with Gasteiger partial charge in [0.2, 0.25) is 5.91 Å². The van der Waals surface area contributed by atoms with Gasteiger partial charge in [0.1, 0.15) is 0 Å². The first-order chi connectivity index (χ1) is 6.26. The van der Waals surface area contributed by atoms with Crippen molar-refractivity contribution in [1.29, 1.82) is 0 Å². The highest BCUT2D eigenvalue weighted by molar-refractivity contribution is 5.77. The number of rotatable bonds is 6. The van der Waals surface area contributed by atoms with Crippen LogP contribution in [-0.4, -0.2) is 30.4 Å². The van der Waals surface area contributed by atoms with Gasteiger partial charge in [0.15, 0.2) is 0 Å². The minimum atomic E-state index is -0.0888. The van der Waals surface area contributed by atoms with Crippen LogP contribution in [0.15, 0.2) is 0 Å². The van der Waals surface area contributed by atoms with Gasteiger partial charge in [0.25, 0.3) is 0 Å². The Kier molecular flexibility index (Phi) is 4.18. The van der Waals surface area contributed by atoms with Gasteiger partial charge in [0, 0.05) is 6.54 Å². The van der Waals surface area contributed by atoms with Crippen molar-refractivity contribution in [2.75, 3.05) is 19.6 Å². The quantitative estimate of drug-likeness (QED) is 0.350. The summed E-state index contributed by atoms with van der Waals surface area (Å²) in [6.07, 6.45) is 3.74. The van der Waals surface area contributed by atoms with Crippen LogP contribution in [-0.2, 0) is 4.79 Å². The molecule has 1 amide bonds. The summed E-state index contributed by atoms with van der Waals surface area (Å²) in [5.41, 5.74) is 2.17. The summed E-state index contributed by atoms with van der Waals surface area (Å²) in [4.78, 5) is 13.2. The van der Waals surface area contributed by atoms with Gasteiger partial charge >= 0.3 is 0 Å². The summed E-state index contributed by atoms with van der Waals surface area (Å²) in [5, 5.41) is 0. The molecule has 0 heterocycles. The Bertz CT molecular complexity index is 168. The fraction of sp³-hybridized carbons (Fsp3) is 0.889. The topological polar surface area (TPSA) is 58.4 Å². The van der Waals surface area contributed by atoms with E-state index in [1.807, 2.05) is 0 Å². The molecule has 13 heavy (non-hydrogen) atoms. The Balaban J connectivity index is 2.22. The first kappa shape index (κ1) is 10.5. The van der Waals surface area contributed by atoms with Crippen molar-refractivity contribution >= 4 is 5.91 Å². The van der Waals surface area contributed by atoms with Gasteiger partial charge < -0.3 is 0 Å². The highest BCUT2D eigenvalue weighted by Gasteiger charge is 2.24. The molecule has 1 fully saturated rings. The van der Waals surface area contributed by atoms with Crippen molar-refractivity contribution in [3.8, 4) is 0 Å². The molecule has 0 aliphatic heterocycles. The van der Waals surface area contributed by atoms with Crippen molar-refractivity contribution in [1.82, 2.24) is 10.3 Å². The molecule has 0 saturated heterocycles. The van der Waals surface area contributed by atoms with E-state index in [4.69, 9.17) is 5.84 Å². The predicted molar refractivity (Wildman–Crippen MR) is 51.8 cm³/mol. The lowest BCUT2D eigenvalue weighted by Crippen LogP contribution is -2.41. The third-order valence-electron chi connectivity index (χ3n) is 2.28. The van der Waals surface area contributed by atoms with Crippen LogP contribution in [0.2, 0.25) is 0 Å². The van der Waals surface area contributed by atoms with Gasteiger partial charge in [-0.05, 0) is 31.7 Å². The Morgan fingerprint density at radius 1 is 1.62 bits per heavy atom. The largest absolute Gasteiger partial charge is 0.294 e. The summed E-state index contributed by atoms with van der Waals surface area (Å²) in [7, 11) is 0. The molecule has 0 radical (unpaired) electrons. The molecule has 1 rings (SSSR count). The number of amides is 1. The minimum absolute atomic E-state index is 0.0888. The molecule has 0 atom stereocenters. The highest BCUT2D eigenvalue weighted by atomic mass is 16.2. The summed E-state index contributed by atoms with van der Waals surface area (Å²) < 4.78 is 0. The monoisotopic (exact) mass is 185 g/mol. The summed E-state index contributed by atoms with van der Waals surface area (Å²) in [6.45, 7) is 4.62. The fourth-order valence-electron chi connectivity index (χ4n) is 1.47. The normalized spacial score (nSPS) is 16.2. The van der Waals surface area contributed by atoms with Crippen LogP contribution < -0.4 is 11.3 Å². The van der Waals surface area contributed by atoms with E-state index in [2.05, 4.69) is 17.2 Å². The third-order valence-corrected chi connectivity index (χ3v) is 2.28. The number of nitrogens with one attached hydrogen (secondary N) is 1. The lowest BCUT2D eigenvalue weighted by atomic mass is 10.3. The molecule has 4 nitrogen and oxygen atoms in total. The van der Waals surface area contributed by atoms with Crippen LogP contribution in [0.1, 0.15) is 26.2 Å². The number of carbonyl (C=O) groups excluding carboxylic acids is 1. The molecule has 0 aromatic heterocycles. The van der Waals surface area contributed by atoms with Crippen molar-refractivity contribution in [2.24, 2.45) is 11.8 Å². The number of hydrogen-bond acceptors (Lipinski definition) is 3. The highest BCUT2D eigenvalue weighted by Crippen LogP contribution is 2.29. The van der Waals surface area contributed by atoms with E-state index in [0.29, 0.717) is 6.54 Å². The average molecular weight is 185 g/mol. The third kappa shape index (κ3) is 4.24. The van der Waals surface area contributed by atoms with E-state index < -0.39 is 0 Å². The molecule has 3 N–H and O–H groups in total. The van der Waals surface area contributed by atoms with Crippen molar-refractivity contribution < 1.29 is 4.79 Å². The second-order valence-electron chi connectivity index (χ2n) is 3.75. The molecule has 76 valence electrons. The zero-order chi connectivity index (χ0) is 9.68. The molecular formula is C9H19N3O. The Morgan fingerprint density at radius 2 is 2.31 bits per heavy atom. The molecule has 0 aromatic rings. The smallest absolute Gasteiger partial charge is 0.248 e. The maximum atomic E-state index is 11.0. The average Bonchev–Trinajstić information content (AvgIpc) is 2.88. The Morgan fingerprint density at radius 3 is 2.77 bits per heavy atom. The van der Waals surface area contributed by atoms with Crippen molar-refractivity contribution in [3.05, 3.63) is 0 Å². The van der Waals surface area contributed by atoms with Gasteiger partial charge in [-0.3, -0.25) is 15.1 Å². The molecule has 1 aliphatic carbocycles. The van der Waals surface area contributed by atoms with Crippen LogP contribution in [0.25, 0.3) is 0 Å². The van der Waals surface area contributed by atoms with Gasteiger partial charge in [-0.25, -0.2) is 5.84 Å². The SMILES string of the molecule is CCCN(CC(=O)NN)CC1CC1. The maximum Gasteiger partial charge on any atom is 0.248 e.